The first-order valence-electron chi connectivity index (χ1n) is 2.26. The van der Waals surface area contributed by atoms with E-state index < -0.39 is 0 Å². The lowest BCUT2D eigenvalue weighted by molar-refractivity contribution is 0.191. The number of hydrogen-bond acceptors (Lipinski definition) is 2. The van der Waals surface area contributed by atoms with Crippen molar-refractivity contribution in [2.75, 3.05) is 0 Å². The van der Waals surface area contributed by atoms with Crippen LogP contribution in [0, 0.1) is 0 Å². The minimum Gasteiger partial charge on any atom is -0.393 e. The molecule has 1 unspecified atom stereocenters. The van der Waals surface area contributed by atoms with Gasteiger partial charge in [0.05, 0.1) is 29.8 Å². The second-order valence-corrected chi connectivity index (χ2v) is 1.78. The van der Waals surface area contributed by atoms with Crippen LogP contribution in [-0.2, 0) is 3.84 Å². The van der Waals surface area contributed by atoms with Crippen molar-refractivity contribution >= 4 is 37.2 Å². The monoisotopic (exact) mass is 194 g/mol. The zero-order valence-electron chi connectivity index (χ0n) is 5.40. The van der Waals surface area contributed by atoms with Crippen LogP contribution in [0.1, 0.15) is 20.3 Å². The molecule has 0 aliphatic heterocycles. The lowest BCUT2D eigenvalue weighted by atomic mass is 10.3. The summed E-state index contributed by atoms with van der Waals surface area (Å²) in [5, 5.41) is 8.36. The third-order valence-corrected chi connectivity index (χ3v) is 0.591. The van der Waals surface area contributed by atoms with E-state index in [2.05, 4.69) is 27.6 Å². The minimum atomic E-state index is -0.116. The summed E-state index contributed by atoms with van der Waals surface area (Å²) in [6.07, 6.45) is 0.745. The summed E-state index contributed by atoms with van der Waals surface area (Å²) in [6.45, 7) is 3.73. The van der Waals surface area contributed by atoms with E-state index in [1.807, 2.05) is 6.92 Å². The average molecular weight is 195 g/mol. The Morgan fingerprint density at radius 1 is 1.56 bits per heavy atom. The highest BCUT2D eigenvalue weighted by atomic mass is 35.6. The lowest BCUT2D eigenvalue weighted by Gasteiger charge is -1.90. The summed E-state index contributed by atoms with van der Waals surface area (Å²) in [7, 11) is 0. The van der Waals surface area contributed by atoms with E-state index in [1.54, 1.807) is 6.92 Å². The molecule has 9 heavy (non-hydrogen) atoms. The molecule has 1 N–H and O–H groups in total. The Bertz CT molecular complexity index is 37.7. The van der Waals surface area contributed by atoms with Crippen LogP contribution in [0.25, 0.3) is 0 Å². The molecule has 0 bridgehead atoms. The van der Waals surface area contributed by atoms with Gasteiger partial charge in [0.2, 0.25) is 0 Å². The van der Waals surface area contributed by atoms with E-state index in [9.17, 15) is 0 Å². The summed E-state index contributed by atoms with van der Waals surface area (Å²) >= 11 is 8.53. The molecular weight excluding hydrogens is 183 g/mol. The topological polar surface area (TPSA) is 29.5 Å². The molecule has 0 aromatic heterocycles. The number of rotatable bonds is 1. The zero-order valence-corrected chi connectivity index (χ0v) is 7.91. The predicted molar refractivity (Wildman–Crippen MR) is 45.1 cm³/mol. The van der Waals surface area contributed by atoms with Gasteiger partial charge >= 0.3 is 0 Å². The van der Waals surface area contributed by atoms with Crippen LogP contribution in [0.5, 0.6) is 0 Å². The summed E-state index contributed by atoms with van der Waals surface area (Å²) in [5.41, 5.74) is 0. The van der Waals surface area contributed by atoms with Crippen LogP contribution in [0.2, 0.25) is 0 Å². The fraction of sp³-hybridized carbons (Fsp3) is 1.00. The molecule has 5 heteroatoms. The molecule has 0 saturated heterocycles. The fourth-order valence-corrected chi connectivity index (χ4v) is 0. The number of aliphatic hydroxyl groups excluding tert-OH is 1. The average Bonchev–Trinajstić information content (AvgIpc) is 1.69. The van der Waals surface area contributed by atoms with Gasteiger partial charge in [0.25, 0.3) is 0 Å². The quantitative estimate of drug-likeness (QED) is 0.694. The highest BCUT2D eigenvalue weighted by Gasteiger charge is 1.81. The molecule has 0 aliphatic carbocycles. The highest BCUT2D eigenvalue weighted by molar-refractivity contribution is 7.59. The van der Waals surface area contributed by atoms with Gasteiger partial charge in [-0.15, -0.1) is 0 Å². The molecule has 0 saturated carbocycles. The van der Waals surface area contributed by atoms with Crippen LogP contribution in [0.4, 0.5) is 0 Å². The first-order valence-corrected chi connectivity index (χ1v) is 2.88. The number of hydrogen-bond donors (Lipinski definition) is 1. The van der Waals surface area contributed by atoms with Crippen LogP contribution >= 0.6 is 37.2 Å². The molecule has 2 nitrogen and oxygen atoms in total. The van der Waals surface area contributed by atoms with E-state index in [0.717, 1.165) is 6.42 Å². The van der Waals surface area contributed by atoms with E-state index in [4.69, 9.17) is 5.11 Å². The third kappa shape index (κ3) is 51.1. The maximum atomic E-state index is 8.36. The van der Waals surface area contributed by atoms with Gasteiger partial charge in [0, 0.05) is 0 Å². The van der Waals surface area contributed by atoms with Crippen molar-refractivity contribution in [2.45, 2.75) is 26.4 Å². The normalized spacial score (nSPS) is 10.3. The summed E-state index contributed by atoms with van der Waals surface area (Å²) in [5.74, 6) is 0. The Kier molecular flexibility index (Phi) is 29.1. The smallest absolute Gasteiger partial charge is 0.0832 e. The Hall–Kier alpha value is 0.850. The van der Waals surface area contributed by atoms with Crippen molar-refractivity contribution in [3.63, 3.8) is 0 Å². The predicted octanol–water partition coefficient (Wildman–Crippen LogP) is 2.20. The van der Waals surface area contributed by atoms with Crippen LogP contribution in [0.3, 0.4) is 0 Å². The van der Waals surface area contributed by atoms with Crippen molar-refractivity contribution in [3.8, 4) is 0 Å². The van der Waals surface area contributed by atoms with Gasteiger partial charge in [-0.1, -0.05) is 6.92 Å². The van der Waals surface area contributed by atoms with Crippen molar-refractivity contribution < 1.29 is 8.95 Å². The SMILES string of the molecule is CCC(C)O.ClOCl.S. The summed E-state index contributed by atoms with van der Waals surface area (Å²) < 4.78 is 3.19. The second kappa shape index (κ2) is 15.9. The fourth-order valence-electron chi connectivity index (χ4n) is 0. The van der Waals surface area contributed by atoms with Gasteiger partial charge < -0.3 is 5.11 Å². The van der Waals surface area contributed by atoms with Crippen molar-refractivity contribution in [2.24, 2.45) is 0 Å². The Balaban J connectivity index is -0.0000000800. The standard InChI is InChI=1S/C4H10O.Cl2O.H2S/c1-3-4(2)5;1-3-2;/h4-5H,3H2,1-2H3;;1H2. The first-order chi connectivity index (χ1) is 3.68. The lowest BCUT2D eigenvalue weighted by Crippen LogP contribution is -1.93. The van der Waals surface area contributed by atoms with Crippen molar-refractivity contribution in [1.29, 1.82) is 0 Å². The molecule has 0 amide bonds. The Labute approximate surface area is 72.9 Å². The van der Waals surface area contributed by atoms with Crippen LogP contribution in [0.15, 0.2) is 0 Å². The second-order valence-electron chi connectivity index (χ2n) is 1.32. The summed E-state index contributed by atoms with van der Waals surface area (Å²) in [6, 6.07) is 0. The molecule has 0 rings (SSSR count). The molecule has 1 atom stereocenters. The van der Waals surface area contributed by atoms with Crippen molar-refractivity contribution in [1.82, 2.24) is 0 Å². The number of aliphatic hydroxyl groups is 1. The summed E-state index contributed by atoms with van der Waals surface area (Å²) in [4.78, 5) is 0. The van der Waals surface area contributed by atoms with Crippen molar-refractivity contribution in [3.05, 3.63) is 0 Å². The van der Waals surface area contributed by atoms with Gasteiger partial charge in [-0.05, 0) is 13.3 Å². The Morgan fingerprint density at radius 2 is 1.67 bits per heavy atom. The van der Waals surface area contributed by atoms with Gasteiger partial charge in [-0.25, -0.2) is 0 Å². The molecule has 0 fully saturated rings. The molecule has 0 aromatic carbocycles. The van der Waals surface area contributed by atoms with E-state index >= 15 is 0 Å². The van der Waals surface area contributed by atoms with E-state index in [0.29, 0.717) is 0 Å². The van der Waals surface area contributed by atoms with Gasteiger partial charge in [0.1, 0.15) is 0 Å². The molecule has 60 valence electrons. The molecular formula is C4H12Cl2O2S. The van der Waals surface area contributed by atoms with Gasteiger partial charge in [-0.2, -0.15) is 17.3 Å². The number of halogens is 2. The van der Waals surface area contributed by atoms with Crippen LogP contribution < -0.4 is 0 Å². The van der Waals surface area contributed by atoms with Gasteiger partial charge in [0.15, 0.2) is 0 Å². The molecule has 0 aliphatic rings. The molecule has 0 radical (unpaired) electrons. The van der Waals surface area contributed by atoms with Crippen LogP contribution in [-0.4, -0.2) is 11.2 Å². The largest absolute Gasteiger partial charge is 0.393 e. The molecule has 0 heterocycles. The third-order valence-electron chi connectivity index (χ3n) is 0.591. The maximum absolute atomic E-state index is 8.36. The van der Waals surface area contributed by atoms with E-state index in [-0.39, 0.29) is 19.6 Å². The Morgan fingerprint density at radius 3 is 1.67 bits per heavy atom. The van der Waals surface area contributed by atoms with E-state index in [1.165, 1.54) is 0 Å². The molecule has 0 spiro atoms. The van der Waals surface area contributed by atoms with Gasteiger partial charge in [-0.3, -0.25) is 0 Å². The highest BCUT2D eigenvalue weighted by Crippen LogP contribution is 1.81. The maximum Gasteiger partial charge on any atom is 0.0832 e. The first kappa shape index (κ1) is 16.4. The minimum absolute atomic E-state index is 0. The zero-order chi connectivity index (χ0) is 6.99. The molecule has 0 aromatic rings.